The second-order valence-electron chi connectivity index (χ2n) is 3.08. The molecule has 0 amide bonds. The third-order valence-corrected chi connectivity index (χ3v) is 2.17. The first-order chi connectivity index (χ1) is 6.79. The number of nitrogens with zero attached hydrogens (tertiary/aromatic N) is 1. The number of hydrogen-bond acceptors (Lipinski definition) is 1. The number of hydrogen-bond donors (Lipinski definition) is 0. The van der Waals surface area contributed by atoms with Gasteiger partial charge in [-0.15, -0.1) is 0 Å². The number of pyridine rings is 1. The molecule has 14 heavy (non-hydrogen) atoms. The molecule has 69 valence electrons. The van der Waals surface area contributed by atoms with Crippen molar-refractivity contribution < 1.29 is 4.39 Å². The Morgan fingerprint density at radius 2 is 2.21 bits per heavy atom. The molecule has 0 spiro atoms. The standard InChI is InChI=1S/C12H9FN/c1-9-11(5-2-6-12(9)13)10-4-3-7-14-8-10/h3-8H,1H3. The van der Waals surface area contributed by atoms with E-state index in [1.807, 2.05) is 12.1 Å². The fourth-order valence-electron chi connectivity index (χ4n) is 1.37. The number of aromatic nitrogens is 1. The van der Waals surface area contributed by atoms with E-state index in [1.54, 1.807) is 25.4 Å². The molecule has 0 bridgehead atoms. The van der Waals surface area contributed by atoms with Crippen molar-refractivity contribution in [3.8, 4) is 11.1 Å². The first-order valence-electron chi connectivity index (χ1n) is 4.35. The summed E-state index contributed by atoms with van der Waals surface area (Å²) in [5, 5.41) is 0. The number of halogens is 1. The van der Waals surface area contributed by atoms with Crippen molar-refractivity contribution in [2.45, 2.75) is 6.92 Å². The minimum absolute atomic E-state index is 0.230. The maximum absolute atomic E-state index is 13.2. The van der Waals surface area contributed by atoms with Crippen molar-refractivity contribution in [2.75, 3.05) is 0 Å². The second kappa shape index (κ2) is 3.58. The van der Waals surface area contributed by atoms with Gasteiger partial charge in [-0.25, -0.2) is 4.39 Å². The molecule has 2 aromatic rings. The van der Waals surface area contributed by atoms with Gasteiger partial charge in [-0.2, -0.15) is 0 Å². The smallest absolute Gasteiger partial charge is 0.127 e. The summed E-state index contributed by atoms with van der Waals surface area (Å²) in [6, 6.07) is 9.62. The topological polar surface area (TPSA) is 12.9 Å². The maximum atomic E-state index is 13.2. The molecule has 0 aliphatic rings. The summed E-state index contributed by atoms with van der Waals surface area (Å²) in [6.07, 6.45) is 3.41. The van der Waals surface area contributed by atoms with Gasteiger partial charge >= 0.3 is 0 Å². The van der Waals surface area contributed by atoms with E-state index in [9.17, 15) is 4.39 Å². The lowest BCUT2D eigenvalue weighted by molar-refractivity contribution is 0.619. The average molecular weight is 186 g/mol. The highest BCUT2D eigenvalue weighted by atomic mass is 19.1. The van der Waals surface area contributed by atoms with Crippen LogP contribution in [-0.2, 0) is 0 Å². The zero-order valence-electron chi connectivity index (χ0n) is 7.79. The molecule has 0 aliphatic heterocycles. The van der Waals surface area contributed by atoms with Gasteiger partial charge in [-0.05, 0) is 42.3 Å². The van der Waals surface area contributed by atoms with Crippen LogP contribution in [0, 0.1) is 18.8 Å². The Labute approximate surface area is 82.2 Å². The molecule has 1 aromatic carbocycles. The highest BCUT2D eigenvalue weighted by Crippen LogP contribution is 2.23. The quantitative estimate of drug-likeness (QED) is 0.667. The van der Waals surface area contributed by atoms with Gasteiger partial charge in [0.2, 0.25) is 0 Å². The molecule has 1 radical (unpaired) electrons. The van der Waals surface area contributed by atoms with Crippen molar-refractivity contribution in [2.24, 2.45) is 0 Å². The van der Waals surface area contributed by atoms with Crippen LogP contribution in [0.3, 0.4) is 0 Å². The van der Waals surface area contributed by atoms with E-state index in [1.165, 1.54) is 6.07 Å². The molecule has 0 aliphatic carbocycles. The zero-order valence-corrected chi connectivity index (χ0v) is 7.79. The van der Waals surface area contributed by atoms with Crippen LogP contribution in [-0.4, -0.2) is 4.98 Å². The monoisotopic (exact) mass is 186 g/mol. The molecule has 2 rings (SSSR count). The van der Waals surface area contributed by atoms with Gasteiger partial charge in [0.25, 0.3) is 0 Å². The molecule has 0 unspecified atom stereocenters. The Bertz CT molecular complexity index is 437. The molecule has 1 aromatic heterocycles. The highest BCUT2D eigenvalue weighted by molar-refractivity contribution is 5.65. The summed E-state index contributed by atoms with van der Waals surface area (Å²) in [5.74, 6) is -0.230. The van der Waals surface area contributed by atoms with Gasteiger partial charge in [0, 0.05) is 18.0 Å². The first-order valence-corrected chi connectivity index (χ1v) is 4.35. The predicted octanol–water partition coefficient (Wildman–Crippen LogP) is 3.00. The van der Waals surface area contributed by atoms with Crippen LogP contribution in [0.25, 0.3) is 11.1 Å². The van der Waals surface area contributed by atoms with Crippen molar-refractivity contribution in [3.63, 3.8) is 0 Å². The van der Waals surface area contributed by atoms with Crippen molar-refractivity contribution in [1.29, 1.82) is 0 Å². The van der Waals surface area contributed by atoms with Crippen molar-refractivity contribution in [3.05, 3.63) is 54.1 Å². The Morgan fingerprint density at radius 1 is 1.36 bits per heavy atom. The van der Waals surface area contributed by atoms with Gasteiger partial charge in [0.15, 0.2) is 0 Å². The van der Waals surface area contributed by atoms with Gasteiger partial charge in [0.1, 0.15) is 5.82 Å². The Hall–Kier alpha value is -1.70. The van der Waals surface area contributed by atoms with E-state index < -0.39 is 0 Å². The van der Waals surface area contributed by atoms with Crippen molar-refractivity contribution >= 4 is 0 Å². The van der Waals surface area contributed by atoms with E-state index in [0.717, 1.165) is 11.1 Å². The van der Waals surface area contributed by atoms with Crippen LogP contribution in [0.5, 0.6) is 0 Å². The lowest BCUT2D eigenvalue weighted by Crippen LogP contribution is -1.88. The molecule has 1 heterocycles. The van der Waals surface area contributed by atoms with E-state index in [2.05, 4.69) is 11.1 Å². The first kappa shape index (κ1) is 8.88. The predicted molar refractivity (Wildman–Crippen MR) is 53.2 cm³/mol. The summed E-state index contributed by atoms with van der Waals surface area (Å²) in [5.41, 5.74) is 2.40. The molecule has 1 nitrogen and oxygen atoms in total. The summed E-state index contributed by atoms with van der Waals surface area (Å²) in [4.78, 5) is 4.00. The Kier molecular flexibility index (Phi) is 2.27. The number of rotatable bonds is 1. The largest absolute Gasteiger partial charge is 0.264 e. The average Bonchev–Trinajstić information content (AvgIpc) is 2.23. The summed E-state index contributed by atoms with van der Waals surface area (Å²) in [6.45, 7) is 1.76. The SMILES string of the molecule is Cc1c(F)c[c]cc1-c1cccnc1. The molecule has 0 saturated carbocycles. The summed E-state index contributed by atoms with van der Waals surface area (Å²) in [7, 11) is 0. The second-order valence-corrected chi connectivity index (χ2v) is 3.08. The molecule has 0 saturated heterocycles. The third-order valence-electron chi connectivity index (χ3n) is 2.17. The highest BCUT2D eigenvalue weighted by Gasteiger charge is 2.04. The van der Waals surface area contributed by atoms with Gasteiger partial charge in [-0.3, -0.25) is 4.98 Å². The van der Waals surface area contributed by atoms with E-state index >= 15 is 0 Å². The summed E-state index contributed by atoms with van der Waals surface area (Å²) < 4.78 is 13.2. The molecule has 0 fully saturated rings. The maximum Gasteiger partial charge on any atom is 0.127 e. The lowest BCUT2D eigenvalue weighted by atomic mass is 10.0. The lowest BCUT2D eigenvalue weighted by Gasteiger charge is -2.05. The zero-order chi connectivity index (χ0) is 9.97. The van der Waals surface area contributed by atoms with Crippen LogP contribution in [0.2, 0.25) is 0 Å². The molecular formula is C12H9FN. The Morgan fingerprint density at radius 3 is 2.93 bits per heavy atom. The fraction of sp³-hybridized carbons (Fsp3) is 0.0833. The van der Waals surface area contributed by atoms with Gasteiger partial charge in [-0.1, -0.05) is 6.07 Å². The number of benzene rings is 1. The normalized spacial score (nSPS) is 10.1. The molecule has 0 atom stereocenters. The van der Waals surface area contributed by atoms with E-state index in [0.29, 0.717) is 5.56 Å². The van der Waals surface area contributed by atoms with Crippen LogP contribution in [0.15, 0.2) is 36.7 Å². The Balaban J connectivity index is 2.58. The van der Waals surface area contributed by atoms with Crippen LogP contribution >= 0.6 is 0 Å². The molecule has 0 N–H and O–H groups in total. The molecular weight excluding hydrogens is 177 g/mol. The van der Waals surface area contributed by atoms with Crippen LogP contribution < -0.4 is 0 Å². The van der Waals surface area contributed by atoms with E-state index in [4.69, 9.17) is 0 Å². The van der Waals surface area contributed by atoms with Crippen LogP contribution in [0.1, 0.15) is 5.56 Å². The van der Waals surface area contributed by atoms with E-state index in [-0.39, 0.29) is 5.82 Å². The molecule has 2 heteroatoms. The summed E-state index contributed by atoms with van der Waals surface area (Å²) >= 11 is 0. The van der Waals surface area contributed by atoms with Gasteiger partial charge < -0.3 is 0 Å². The minimum atomic E-state index is -0.230. The van der Waals surface area contributed by atoms with Crippen molar-refractivity contribution in [1.82, 2.24) is 4.98 Å². The third kappa shape index (κ3) is 1.51. The fourth-order valence-corrected chi connectivity index (χ4v) is 1.37. The van der Waals surface area contributed by atoms with Crippen LogP contribution in [0.4, 0.5) is 4.39 Å². The van der Waals surface area contributed by atoms with Gasteiger partial charge in [0.05, 0.1) is 0 Å². The minimum Gasteiger partial charge on any atom is -0.264 e.